The summed E-state index contributed by atoms with van der Waals surface area (Å²) in [4.78, 5) is 12.4. The molecule has 2 N–H and O–H groups in total. The van der Waals surface area contributed by atoms with E-state index in [-0.39, 0.29) is 10.1 Å². The van der Waals surface area contributed by atoms with Gasteiger partial charge in [0.05, 0.1) is 0 Å². The number of thiophene rings is 1. The van der Waals surface area contributed by atoms with Crippen LogP contribution in [0.15, 0.2) is 45.1 Å². The Morgan fingerprint density at radius 3 is 2.72 bits per heavy atom. The topological polar surface area (TPSA) is 101 Å². The highest BCUT2D eigenvalue weighted by Gasteiger charge is 2.17. The summed E-state index contributed by atoms with van der Waals surface area (Å²) in [7, 11) is -3.67. The van der Waals surface area contributed by atoms with Gasteiger partial charge in [-0.3, -0.25) is 9.52 Å². The van der Waals surface area contributed by atoms with E-state index in [1.54, 1.807) is 56.3 Å². The maximum Gasteiger partial charge on any atom is 0.271 e. The van der Waals surface area contributed by atoms with Gasteiger partial charge in [-0.1, -0.05) is 24.2 Å². The molecule has 1 aromatic carbocycles. The van der Waals surface area contributed by atoms with Crippen LogP contribution in [-0.2, 0) is 14.8 Å². The van der Waals surface area contributed by atoms with Gasteiger partial charge in [-0.25, -0.2) is 8.42 Å². The number of rotatable bonds is 7. The Labute approximate surface area is 173 Å². The van der Waals surface area contributed by atoms with E-state index in [2.05, 4.69) is 15.2 Å². The van der Waals surface area contributed by atoms with Crippen LogP contribution in [0.5, 0.6) is 0 Å². The van der Waals surface area contributed by atoms with Crippen LogP contribution < -0.4 is 10.0 Å². The number of aryl methyl sites for hydroxylation is 2. The van der Waals surface area contributed by atoms with E-state index in [1.165, 1.54) is 0 Å². The number of carbonyl (C=O) groups is 1. The Bertz CT molecular complexity index is 1160. The largest absolute Gasteiger partial charge is 0.354 e. The van der Waals surface area contributed by atoms with Crippen molar-refractivity contribution in [3.63, 3.8) is 0 Å². The van der Waals surface area contributed by atoms with Gasteiger partial charge in [-0.15, -0.1) is 11.3 Å². The van der Waals surface area contributed by atoms with E-state index in [9.17, 15) is 13.2 Å². The highest BCUT2D eigenvalue weighted by atomic mass is 32.2. The number of hydrogen-bond donors (Lipinski definition) is 2. The van der Waals surface area contributed by atoms with Crippen LogP contribution >= 0.6 is 11.3 Å². The number of nitrogens with one attached hydrogen (secondary N) is 2. The number of anilines is 2. The molecule has 0 aliphatic carbocycles. The van der Waals surface area contributed by atoms with Crippen molar-refractivity contribution in [2.75, 3.05) is 10.0 Å². The Hall–Kier alpha value is -2.91. The lowest BCUT2D eigenvalue weighted by atomic mass is 10.2. The van der Waals surface area contributed by atoms with Gasteiger partial charge in [0.25, 0.3) is 10.0 Å². The normalized spacial score (nSPS) is 11.7. The maximum absolute atomic E-state index is 12.6. The molecule has 3 rings (SSSR count). The Morgan fingerprint density at radius 2 is 2.00 bits per heavy atom. The molecule has 0 spiro atoms. The summed E-state index contributed by atoms with van der Waals surface area (Å²) < 4.78 is 33.3. The van der Waals surface area contributed by atoms with Gasteiger partial charge in [0.2, 0.25) is 5.91 Å². The van der Waals surface area contributed by atoms with Crippen molar-refractivity contribution in [3.8, 4) is 0 Å². The summed E-state index contributed by atoms with van der Waals surface area (Å²) in [6.45, 7) is 5.39. The van der Waals surface area contributed by atoms with E-state index in [1.807, 2.05) is 13.0 Å². The molecule has 0 radical (unpaired) electrons. The van der Waals surface area contributed by atoms with Crippen molar-refractivity contribution in [1.29, 1.82) is 0 Å². The molecule has 0 saturated carbocycles. The number of hydrogen-bond acceptors (Lipinski definition) is 6. The average molecular weight is 432 g/mol. The monoisotopic (exact) mass is 431 g/mol. The molecule has 2 heterocycles. The SMILES string of the molecule is CCC(=O)Nc1c(C)noc1/C=C/c1ccc(S(=O)(=O)Nc2cccc(C)c2)s1. The number of nitrogens with zero attached hydrogens (tertiary/aromatic N) is 1. The zero-order chi connectivity index (χ0) is 21.0. The summed E-state index contributed by atoms with van der Waals surface area (Å²) in [5, 5.41) is 6.63. The molecule has 7 nitrogen and oxygen atoms in total. The first-order chi connectivity index (χ1) is 13.8. The van der Waals surface area contributed by atoms with E-state index < -0.39 is 10.0 Å². The maximum atomic E-state index is 12.6. The predicted octanol–water partition coefficient (Wildman–Crippen LogP) is 4.67. The number of benzene rings is 1. The van der Waals surface area contributed by atoms with Gasteiger partial charge < -0.3 is 9.84 Å². The number of sulfonamides is 1. The Morgan fingerprint density at radius 1 is 1.21 bits per heavy atom. The standard InChI is InChI=1S/C20H21N3O4S2/c1-4-18(24)21-20-14(3)22-27-17(20)10-8-16-9-11-19(28-16)29(25,26)23-15-7-5-6-13(2)12-15/h5-12,23H,4H2,1-3H3,(H,21,24)/b10-8+. The minimum Gasteiger partial charge on any atom is -0.354 e. The van der Waals surface area contributed by atoms with Gasteiger partial charge in [0, 0.05) is 17.0 Å². The molecule has 152 valence electrons. The highest BCUT2D eigenvalue weighted by molar-refractivity contribution is 7.94. The lowest BCUT2D eigenvalue weighted by Gasteiger charge is -2.06. The fourth-order valence-electron chi connectivity index (χ4n) is 2.52. The van der Waals surface area contributed by atoms with E-state index in [0.717, 1.165) is 21.8 Å². The van der Waals surface area contributed by atoms with Crippen molar-refractivity contribution < 1.29 is 17.7 Å². The second-order valence-corrected chi connectivity index (χ2v) is 9.40. The average Bonchev–Trinajstić information content (AvgIpc) is 3.28. The summed E-state index contributed by atoms with van der Waals surface area (Å²) in [6.07, 6.45) is 3.72. The second-order valence-electron chi connectivity index (χ2n) is 6.37. The molecule has 0 atom stereocenters. The molecule has 0 aliphatic heterocycles. The van der Waals surface area contributed by atoms with Gasteiger partial charge in [0.15, 0.2) is 5.76 Å². The summed E-state index contributed by atoms with van der Waals surface area (Å²) in [6, 6.07) is 10.4. The molecular formula is C20H21N3O4S2. The smallest absolute Gasteiger partial charge is 0.271 e. The molecule has 0 unspecified atom stereocenters. The van der Waals surface area contributed by atoms with Crippen molar-refractivity contribution in [1.82, 2.24) is 5.16 Å². The van der Waals surface area contributed by atoms with Gasteiger partial charge in [0.1, 0.15) is 15.6 Å². The van der Waals surface area contributed by atoms with Gasteiger partial charge in [-0.2, -0.15) is 0 Å². The second kappa shape index (κ2) is 8.62. The van der Waals surface area contributed by atoms with E-state index in [0.29, 0.717) is 29.2 Å². The van der Waals surface area contributed by atoms with E-state index in [4.69, 9.17) is 4.52 Å². The molecular weight excluding hydrogens is 410 g/mol. The van der Waals surface area contributed by atoms with Crippen LogP contribution in [0.2, 0.25) is 0 Å². The molecule has 0 bridgehead atoms. The first-order valence-electron chi connectivity index (χ1n) is 8.92. The molecule has 3 aromatic rings. The predicted molar refractivity (Wildman–Crippen MR) is 115 cm³/mol. The van der Waals surface area contributed by atoms with Crippen LogP contribution in [0.3, 0.4) is 0 Å². The number of amides is 1. The zero-order valence-corrected chi connectivity index (χ0v) is 17.9. The lowest BCUT2D eigenvalue weighted by Crippen LogP contribution is -2.11. The lowest BCUT2D eigenvalue weighted by molar-refractivity contribution is -0.115. The number of aromatic nitrogens is 1. The fourth-order valence-corrected chi connectivity index (χ4v) is 4.80. The molecule has 2 aromatic heterocycles. The minimum absolute atomic E-state index is 0.141. The zero-order valence-electron chi connectivity index (χ0n) is 16.2. The third-order valence-corrected chi connectivity index (χ3v) is 6.93. The summed E-state index contributed by atoms with van der Waals surface area (Å²) in [5.74, 6) is 0.262. The van der Waals surface area contributed by atoms with Crippen LogP contribution in [0.1, 0.15) is 35.2 Å². The quantitative estimate of drug-likeness (QED) is 0.566. The van der Waals surface area contributed by atoms with Crippen LogP contribution in [0.4, 0.5) is 11.4 Å². The molecule has 0 aliphatic rings. The van der Waals surface area contributed by atoms with Crippen molar-refractivity contribution >= 4 is 50.8 Å². The van der Waals surface area contributed by atoms with E-state index >= 15 is 0 Å². The Balaban J connectivity index is 1.78. The summed E-state index contributed by atoms with van der Waals surface area (Å²) >= 11 is 1.13. The summed E-state index contributed by atoms with van der Waals surface area (Å²) in [5.41, 5.74) is 2.57. The third kappa shape index (κ3) is 5.12. The van der Waals surface area contributed by atoms with Crippen LogP contribution in [0.25, 0.3) is 12.2 Å². The van der Waals surface area contributed by atoms with Crippen LogP contribution in [-0.4, -0.2) is 19.5 Å². The first-order valence-corrected chi connectivity index (χ1v) is 11.2. The van der Waals surface area contributed by atoms with Crippen molar-refractivity contribution in [2.45, 2.75) is 31.4 Å². The Kier molecular flexibility index (Phi) is 6.19. The first kappa shape index (κ1) is 20.8. The van der Waals surface area contributed by atoms with Crippen molar-refractivity contribution in [2.24, 2.45) is 0 Å². The van der Waals surface area contributed by atoms with Gasteiger partial charge >= 0.3 is 0 Å². The molecule has 0 fully saturated rings. The number of carbonyl (C=O) groups excluding carboxylic acids is 1. The third-order valence-electron chi connectivity index (χ3n) is 4.01. The fraction of sp³-hybridized carbons (Fsp3) is 0.200. The van der Waals surface area contributed by atoms with Gasteiger partial charge in [-0.05, 0) is 55.8 Å². The molecule has 1 amide bonds. The van der Waals surface area contributed by atoms with Crippen LogP contribution in [0, 0.1) is 13.8 Å². The molecule has 29 heavy (non-hydrogen) atoms. The highest BCUT2D eigenvalue weighted by Crippen LogP contribution is 2.27. The molecule has 9 heteroatoms. The molecule has 0 saturated heterocycles. The van der Waals surface area contributed by atoms with Crippen molar-refractivity contribution in [3.05, 3.63) is 58.3 Å². The minimum atomic E-state index is -3.67.